The SMILES string of the molecule is CO[C@@H]1C[C@@H](CO)N(c2cc(C(F)(F)F)ccn2)C1. The minimum Gasteiger partial charge on any atom is -0.394 e. The minimum absolute atomic E-state index is 0.103. The van der Waals surface area contributed by atoms with Gasteiger partial charge in [-0.15, -0.1) is 0 Å². The number of halogens is 3. The van der Waals surface area contributed by atoms with E-state index in [9.17, 15) is 18.3 Å². The van der Waals surface area contributed by atoms with Gasteiger partial charge in [0, 0.05) is 19.9 Å². The van der Waals surface area contributed by atoms with E-state index in [2.05, 4.69) is 4.98 Å². The second-order valence-electron chi connectivity index (χ2n) is 4.48. The Morgan fingerprint density at radius 3 is 2.84 bits per heavy atom. The van der Waals surface area contributed by atoms with Gasteiger partial charge in [-0.1, -0.05) is 0 Å². The predicted octanol–water partition coefficient (Wildman–Crippen LogP) is 1.69. The highest BCUT2D eigenvalue weighted by molar-refractivity contribution is 5.44. The van der Waals surface area contributed by atoms with Crippen molar-refractivity contribution in [1.29, 1.82) is 0 Å². The normalized spacial score (nSPS) is 23.9. The molecule has 7 heteroatoms. The first-order valence-electron chi connectivity index (χ1n) is 5.89. The predicted molar refractivity (Wildman–Crippen MR) is 62.9 cm³/mol. The Kier molecular flexibility index (Phi) is 3.96. The van der Waals surface area contributed by atoms with Crippen LogP contribution < -0.4 is 4.90 Å². The number of aliphatic hydroxyl groups excluding tert-OH is 1. The maximum absolute atomic E-state index is 12.7. The van der Waals surface area contributed by atoms with Gasteiger partial charge in [-0.05, 0) is 18.6 Å². The van der Waals surface area contributed by atoms with Crippen molar-refractivity contribution in [2.45, 2.75) is 24.7 Å². The lowest BCUT2D eigenvalue weighted by Gasteiger charge is -2.24. The van der Waals surface area contributed by atoms with E-state index >= 15 is 0 Å². The highest BCUT2D eigenvalue weighted by atomic mass is 19.4. The van der Waals surface area contributed by atoms with Crippen molar-refractivity contribution in [3.8, 4) is 0 Å². The molecule has 2 atom stereocenters. The standard InChI is InChI=1S/C12H15F3N2O2/c1-19-10-5-9(7-18)17(6-10)11-4-8(2-3-16-11)12(13,14)15/h2-4,9-10,18H,5-7H2,1H3/t9-,10+/m0/s1. The number of pyridine rings is 1. The quantitative estimate of drug-likeness (QED) is 0.912. The van der Waals surface area contributed by atoms with Crippen LogP contribution in [0.5, 0.6) is 0 Å². The van der Waals surface area contributed by atoms with Gasteiger partial charge >= 0.3 is 6.18 Å². The number of hydrogen-bond acceptors (Lipinski definition) is 4. The second kappa shape index (κ2) is 5.34. The van der Waals surface area contributed by atoms with E-state index in [1.54, 1.807) is 12.0 Å². The number of rotatable bonds is 3. The highest BCUT2D eigenvalue weighted by Gasteiger charge is 2.35. The fourth-order valence-electron chi connectivity index (χ4n) is 2.25. The Hall–Kier alpha value is -1.34. The summed E-state index contributed by atoms with van der Waals surface area (Å²) in [5.74, 6) is 0.216. The van der Waals surface area contributed by atoms with Crippen molar-refractivity contribution in [2.24, 2.45) is 0 Å². The summed E-state index contributed by atoms with van der Waals surface area (Å²) in [7, 11) is 1.54. The average molecular weight is 276 g/mol. The monoisotopic (exact) mass is 276 g/mol. The van der Waals surface area contributed by atoms with Gasteiger partial charge in [0.15, 0.2) is 0 Å². The van der Waals surface area contributed by atoms with E-state index in [4.69, 9.17) is 4.74 Å². The maximum Gasteiger partial charge on any atom is 0.416 e. The van der Waals surface area contributed by atoms with Crippen LogP contribution in [0, 0.1) is 0 Å². The van der Waals surface area contributed by atoms with E-state index < -0.39 is 11.7 Å². The lowest BCUT2D eigenvalue weighted by atomic mass is 10.2. The molecule has 0 amide bonds. The van der Waals surface area contributed by atoms with Crippen LogP contribution in [0.25, 0.3) is 0 Å². The second-order valence-corrected chi connectivity index (χ2v) is 4.48. The van der Waals surface area contributed by atoms with Crippen LogP contribution in [0.1, 0.15) is 12.0 Å². The summed E-state index contributed by atoms with van der Waals surface area (Å²) in [5, 5.41) is 9.29. The van der Waals surface area contributed by atoms with Crippen LogP contribution in [0.3, 0.4) is 0 Å². The molecule has 0 unspecified atom stereocenters. The van der Waals surface area contributed by atoms with E-state index in [0.717, 1.165) is 18.3 Å². The first-order valence-corrected chi connectivity index (χ1v) is 5.89. The summed E-state index contributed by atoms with van der Waals surface area (Å²) >= 11 is 0. The molecule has 0 spiro atoms. The van der Waals surface area contributed by atoms with E-state index in [1.807, 2.05) is 0 Å². The molecule has 1 aliphatic rings. The minimum atomic E-state index is -4.40. The third kappa shape index (κ3) is 2.98. The molecular weight excluding hydrogens is 261 g/mol. The Bertz CT molecular complexity index is 439. The Labute approximate surface area is 108 Å². The molecule has 2 rings (SSSR count). The van der Waals surface area contributed by atoms with Crippen LogP contribution in [-0.4, -0.2) is 42.5 Å². The molecule has 4 nitrogen and oxygen atoms in total. The van der Waals surface area contributed by atoms with Crippen LogP contribution in [0.4, 0.5) is 19.0 Å². The van der Waals surface area contributed by atoms with Gasteiger partial charge in [0.05, 0.1) is 24.3 Å². The molecule has 2 heterocycles. The molecule has 0 bridgehead atoms. The number of alkyl halides is 3. The van der Waals surface area contributed by atoms with Crippen LogP contribution >= 0.6 is 0 Å². The fraction of sp³-hybridized carbons (Fsp3) is 0.583. The van der Waals surface area contributed by atoms with Crippen molar-refractivity contribution < 1.29 is 23.0 Å². The molecule has 1 aromatic heterocycles. The number of hydrogen-bond donors (Lipinski definition) is 1. The Morgan fingerprint density at radius 1 is 1.53 bits per heavy atom. The zero-order chi connectivity index (χ0) is 14.0. The summed E-state index contributed by atoms with van der Waals surface area (Å²) in [6.07, 6.45) is -2.79. The molecule has 0 radical (unpaired) electrons. The maximum atomic E-state index is 12.7. The summed E-state index contributed by atoms with van der Waals surface area (Å²) in [6.45, 7) is 0.286. The van der Waals surface area contributed by atoms with Crippen molar-refractivity contribution >= 4 is 5.82 Å². The smallest absolute Gasteiger partial charge is 0.394 e. The molecule has 1 saturated heterocycles. The topological polar surface area (TPSA) is 45.6 Å². The molecule has 0 aromatic carbocycles. The van der Waals surface area contributed by atoms with Crippen LogP contribution in [-0.2, 0) is 10.9 Å². The van der Waals surface area contributed by atoms with Gasteiger partial charge in [0.2, 0.25) is 0 Å². The molecule has 1 fully saturated rings. The first kappa shape index (κ1) is 14.1. The largest absolute Gasteiger partial charge is 0.416 e. The average Bonchev–Trinajstić information content (AvgIpc) is 2.81. The molecule has 0 aliphatic carbocycles. The van der Waals surface area contributed by atoms with Gasteiger partial charge < -0.3 is 14.7 Å². The molecule has 1 aliphatic heterocycles. The van der Waals surface area contributed by atoms with Gasteiger partial charge in [-0.3, -0.25) is 0 Å². The van der Waals surface area contributed by atoms with E-state index in [1.165, 1.54) is 0 Å². The number of ether oxygens (including phenoxy) is 1. The lowest BCUT2D eigenvalue weighted by Crippen LogP contribution is -2.33. The fourth-order valence-corrected chi connectivity index (χ4v) is 2.25. The molecule has 19 heavy (non-hydrogen) atoms. The molecule has 106 valence electrons. The van der Waals surface area contributed by atoms with Crippen LogP contribution in [0.2, 0.25) is 0 Å². The Morgan fingerprint density at radius 2 is 2.26 bits per heavy atom. The van der Waals surface area contributed by atoms with E-state index in [-0.39, 0.29) is 24.6 Å². The zero-order valence-electron chi connectivity index (χ0n) is 10.4. The van der Waals surface area contributed by atoms with Crippen LogP contribution in [0.15, 0.2) is 18.3 Å². The number of anilines is 1. The number of methoxy groups -OCH3 is 1. The van der Waals surface area contributed by atoms with Crippen molar-refractivity contribution in [3.63, 3.8) is 0 Å². The van der Waals surface area contributed by atoms with Gasteiger partial charge in [-0.2, -0.15) is 13.2 Å². The third-order valence-corrected chi connectivity index (χ3v) is 3.29. The summed E-state index contributed by atoms with van der Waals surface area (Å²) in [6, 6.07) is 1.67. The zero-order valence-corrected chi connectivity index (χ0v) is 10.4. The lowest BCUT2D eigenvalue weighted by molar-refractivity contribution is -0.137. The number of aromatic nitrogens is 1. The highest BCUT2D eigenvalue weighted by Crippen LogP contribution is 2.32. The molecule has 1 N–H and O–H groups in total. The van der Waals surface area contributed by atoms with Gasteiger partial charge in [0.1, 0.15) is 5.82 Å². The Balaban J connectivity index is 2.26. The van der Waals surface area contributed by atoms with Crippen molar-refractivity contribution in [1.82, 2.24) is 4.98 Å². The molecule has 1 aromatic rings. The third-order valence-electron chi connectivity index (χ3n) is 3.29. The van der Waals surface area contributed by atoms with E-state index in [0.29, 0.717) is 13.0 Å². The van der Waals surface area contributed by atoms with Crippen molar-refractivity contribution in [2.75, 3.05) is 25.2 Å². The summed E-state index contributed by atoms with van der Waals surface area (Å²) < 4.78 is 43.2. The summed E-state index contributed by atoms with van der Waals surface area (Å²) in [4.78, 5) is 5.62. The van der Waals surface area contributed by atoms with Crippen molar-refractivity contribution in [3.05, 3.63) is 23.9 Å². The number of aliphatic hydroxyl groups is 1. The molecular formula is C12H15F3N2O2. The first-order chi connectivity index (χ1) is 8.95. The molecule has 0 saturated carbocycles. The van der Waals surface area contributed by atoms with Gasteiger partial charge in [0.25, 0.3) is 0 Å². The van der Waals surface area contributed by atoms with Gasteiger partial charge in [-0.25, -0.2) is 4.98 Å². The summed E-state index contributed by atoms with van der Waals surface area (Å²) in [5.41, 5.74) is -0.741. The number of nitrogens with zero attached hydrogens (tertiary/aromatic N) is 2.